The van der Waals surface area contributed by atoms with E-state index in [0.717, 1.165) is 0 Å². The zero-order chi connectivity index (χ0) is 17.1. The fourth-order valence-electron chi connectivity index (χ4n) is 2.07. The van der Waals surface area contributed by atoms with Gasteiger partial charge in [-0.05, 0) is 30.7 Å². The van der Waals surface area contributed by atoms with Crippen LogP contribution in [0.5, 0.6) is 5.75 Å². The van der Waals surface area contributed by atoms with Crippen LogP contribution in [0.15, 0.2) is 53.4 Å². The van der Waals surface area contributed by atoms with E-state index in [0.29, 0.717) is 5.56 Å². The van der Waals surface area contributed by atoms with Crippen LogP contribution in [0.3, 0.4) is 0 Å². The Morgan fingerprint density at radius 1 is 1.22 bits per heavy atom. The molecule has 0 radical (unpaired) electrons. The van der Waals surface area contributed by atoms with Gasteiger partial charge in [-0.2, -0.15) is 0 Å². The van der Waals surface area contributed by atoms with Crippen molar-refractivity contribution in [3.05, 3.63) is 59.1 Å². The molecule has 1 unspecified atom stereocenters. The third-order valence-corrected chi connectivity index (χ3v) is 5.07. The fraction of sp³-hybridized carbons (Fsp3) is 0.250. The van der Waals surface area contributed by atoms with Gasteiger partial charge in [0.05, 0.1) is 7.11 Å². The SMILES string of the molecule is COc1ccc(Cl)cc1S(=O)(=O)NCC(C)(O)c1ccccc1. The van der Waals surface area contributed by atoms with E-state index in [2.05, 4.69) is 4.72 Å². The molecular formula is C16H18ClNO4S. The van der Waals surface area contributed by atoms with Gasteiger partial charge in [-0.1, -0.05) is 41.9 Å². The standard InChI is InChI=1S/C16H18ClNO4S/c1-16(19,12-6-4-3-5-7-12)11-18-23(20,21)15-10-13(17)8-9-14(15)22-2/h3-10,18-19H,11H2,1-2H3. The molecule has 0 aliphatic carbocycles. The first kappa shape index (κ1) is 17.7. The van der Waals surface area contributed by atoms with E-state index < -0.39 is 15.6 Å². The van der Waals surface area contributed by atoms with Crippen molar-refractivity contribution in [3.8, 4) is 5.75 Å². The Kier molecular flexibility index (Phi) is 5.31. The number of nitrogens with one attached hydrogen (secondary N) is 1. The second-order valence-electron chi connectivity index (χ2n) is 5.26. The molecule has 2 aromatic carbocycles. The maximum absolute atomic E-state index is 12.5. The first-order valence-corrected chi connectivity index (χ1v) is 8.73. The summed E-state index contributed by atoms with van der Waals surface area (Å²) in [5, 5.41) is 10.8. The molecule has 5 nitrogen and oxygen atoms in total. The molecule has 0 bridgehead atoms. The van der Waals surface area contributed by atoms with Crippen LogP contribution in [-0.4, -0.2) is 27.2 Å². The highest BCUT2D eigenvalue weighted by Crippen LogP contribution is 2.27. The molecule has 0 saturated carbocycles. The highest BCUT2D eigenvalue weighted by Gasteiger charge is 2.27. The van der Waals surface area contributed by atoms with Crippen molar-refractivity contribution in [2.24, 2.45) is 0 Å². The quantitative estimate of drug-likeness (QED) is 0.835. The van der Waals surface area contributed by atoms with Crippen LogP contribution in [0.25, 0.3) is 0 Å². The maximum Gasteiger partial charge on any atom is 0.244 e. The fourth-order valence-corrected chi connectivity index (χ4v) is 3.63. The lowest BCUT2D eigenvalue weighted by molar-refractivity contribution is 0.0627. The minimum atomic E-state index is -3.89. The van der Waals surface area contributed by atoms with Crippen molar-refractivity contribution < 1.29 is 18.3 Å². The number of aliphatic hydroxyl groups is 1. The molecule has 23 heavy (non-hydrogen) atoms. The number of hydrogen-bond acceptors (Lipinski definition) is 4. The highest BCUT2D eigenvalue weighted by molar-refractivity contribution is 7.89. The van der Waals surface area contributed by atoms with Crippen LogP contribution in [0.2, 0.25) is 5.02 Å². The molecule has 1 atom stereocenters. The smallest absolute Gasteiger partial charge is 0.244 e. The normalized spacial score (nSPS) is 14.3. The van der Waals surface area contributed by atoms with Gasteiger partial charge < -0.3 is 9.84 Å². The zero-order valence-corrected chi connectivity index (χ0v) is 14.4. The van der Waals surface area contributed by atoms with E-state index >= 15 is 0 Å². The van der Waals surface area contributed by atoms with Gasteiger partial charge in [-0.15, -0.1) is 0 Å². The molecule has 2 rings (SSSR count). The van der Waals surface area contributed by atoms with Gasteiger partial charge in [-0.3, -0.25) is 0 Å². The lowest BCUT2D eigenvalue weighted by Gasteiger charge is -2.24. The van der Waals surface area contributed by atoms with Crippen molar-refractivity contribution in [1.29, 1.82) is 0 Å². The molecule has 0 heterocycles. The molecule has 0 saturated heterocycles. The van der Waals surface area contributed by atoms with E-state index in [9.17, 15) is 13.5 Å². The molecule has 7 heteroatoms. The highest BCUT2D eigenvalue weighted by atomic mass is 35.5. The lowest BCUT2D eigenvalue weighted by atomic mass is 9.97. The summed E-state index contributed by atoms with van der Waals surface area (Å²) in [4.78, 5) is -0.0728. The van der Waals surface area contributed by atoms with E-state index in [1.165, 1.54) is 19.2 Å². The van der Waals surface area contributed by atoms with Gasteiger partial charge in [0.25, 0.3) is 0 Å². The summed E-state index contributed by atoms with van der Waals surface area (Å²) in [6, 6.07) is 13.2. The second kappa shape index (κ2) is 6.88. The molecule has 0 fully saturated rings. The number of halogens is 1. The molecule has 0 spiro atoms. The molecule has 124 valence electrons. The number of sulfonamides is 1. The van der Waals surface area contributed by atoms with Crippen molar-refractivity contribution in [1.82, 2.24) is 4.72 Å². The predicted octanol–water partition coefficient (Wildman–Crippen LogP) is 2.53. The van der Waals surface area contributed by atoms with Crippen molar-refractivity contribution in [2.45, 2.75) is 17.4 Å². The lowest BCUT2D eigenvalue weighted by Crippen LogP contribution is -2.38. The Hall–Kier alpha value is -1.60. The van der Waals surface area contributed by atoms with E-state index in [1.54, 1.807) is 37.3 Å². The van der Waals surface area contributed by atoms with Crippen molar-refractivity contribution in [3.63, 3.8) is 0 Å². The van der Waals surface area contributed by atoms with Gasteiger partial charge >= 0.3 is 0 Å². The Balaban J connectivity index is 2.24. The third-order valence-electron chi connectivity index (χ3n) is 3.42. The monoisotopic (exact) mass is 355 g/mol. The number of benzene rings is 2. The van der Waals surface area contributed by atoms with Gasteiger partial charge in [0.2, 0.25) is 10.0 Å². The second-order valence-corrected chi connectivity index (χ2v) is 7.43. The van der Waals surface area contributed by atoms with Crippen LogP contribution in [0.1, 0.15) is 12.5 Å². The first-order valence-electron chi connectivity index (χ1n) is 6.87. The average Bonchev–Trinajstić information content (AvgIpc) is 2.54. The zero-order valence-electron chi connectivity index (χ0n) is 12.8. The number of rotatable bonds is 6. The van der Waals surface area contributed by atoms with Crippen LogP contribution in [-0.2, 0) is 15.6 Å². The van der Waals surface area contributed by atoms with Gasteiger partial charge in [0, 0.05) is 11.6 Å². The van der Waals surface area contributed by atoms with E-state index in [1.807, 2.05) is 6.07 Å². The summed E-state index contributed by atoms with van der Waals surface area (Å²) >= 11 is 5.87. The number of hydrogen-bond donors (Lipinski definition) is 2. The molecule has 0 amide bonds. The largest absolute Gasteiger partial charge is 0.495 e. The molecule has 2 aromatic rings. The van der Waals surface area contributed by atoms with Gasteiger partial charge in [0.15, 0.2) is 0 Å². The summed E-state index contributed by atoms with van der Waals surface area (Å²) in [7, 11) is -2.51. The number of methoxy groups -OCH3 is 1. The molecule has 0 aliphatic rings. The minimum Gasteiger partial charge on any atom is -0.495 e. The molecule has 2 N–H and O–H groups in total. The van der Waals surface area contributed by atoms with Crippen molar-refractivity contribution >= 4 is 21.6 Å². The summed E-state index contributed by atoms with van der Waals surface area (Å²) < 4.78 is 32.4. The van der Waals surface area contributed by atoms with Crippen LogP contribution in [0, 0.1) is 0 Å². The minimum absolute atomic E-state index is 0.0728. The van der Waals surface area contributed by atoms with E-state index in [4.69, 9.17) is 16.3 Å². The maximum atomic E-state index is 12.5. The van der Waals surface area contributed by atoms with E-state index in [-0.39, 0.29) is 22.2 Å². The van der Waals surface area contributed by atoms with Crippen LogP contribution in [0.4, 0.5) is 0 Å². The average molecular weight is 356 g/mol. The Bertz CT molecular complexity index is 776. The topological polar surface area (TPSA) is 75.6 Å². The molecule has 0 aliphatic heterocycles. The molecule has 0 aromatic heterocycles. The summed E-state index contributed by atoms with van der Waals surface area (Å²) in [5.74, 6) is 0.182. The summed E-state index contributed by atoms with van der Waals surface area (Å²) in [6.45, 7) is 1.36. The summed E-state index contributed by atoms with van der Waals surface area (Å²) in [6.07, 6.45) is 0. The van der Waals surface area contributed by atoms with Crippen molar-refractivity contribution in [2.75, 3.05) is 13.7 Å². The first-order chi connectivity index (χ1) is 10.8. The predicted molar refractivity (Wildman–Crippen MR) is 89.2 cm³/mol. The Labute approximate surface area is 140 Å². The molecular weight excluding hydrogens is 338 g/mol. The Morgan fingerprint density at radius 3 is 2.48 bits per heavy atom. The Morgan fingerprint density at radius 2 is 1.87 bits per heavy atom. The third kappa shape index (κ3) is 4.23. The summed E-state index contributed by atoms with van der Waals surface area (Å²) in [5.41, 5.74) is -0.735. The van der Waals surface area contributed by atoms with Crippen LogP contribution < -0.4 is 9.46 Å². The van der Waals surface area contributed by atoms with Gasteiger partial charge in [0.1, 0.15) is 16.2 Å². The number of ether oxygens (including phenoxy) is 1. The van der Waals surface area contributed by atoms with Gasteiger partial charge in [-0.25, -0.2) is 13.1 Å². The van der Waals surface area contributed by atoms with Crippen LogP contribution >= 0.6 is 11.6 Å².